The van der Waals surface area contributed by atoms with Crippen LogP contribution in [0.2, 0.25) is 0 Å². The van der Waals surface area contributed by atoms with Crippen molar-refractivity contribution in [3.63, 3.8) is 0 Å². The van der Waals surface area contributed by atoms with Gasteiger partial charge in [-0.2, -0.15) is 11.8 Å². The minimum atomic E-state index is -0.818. The molecule has 1 heterocycles. The van der Waals surface area contributed by atoms with Gasteiger partial charge in [0.2, 0.25) is 0 Å². The van der Waals surface area contributed by atoms with Crippen molar-refractivity contribution in [1.82, 2.24) is 0 Å². The van der Waals surface area contributed by atoms with Crippen molar-refractivity contribution in [2.24, 2.45) is 5.41 Å². The highest BCUT2D eigenvalue weighted by Crippen LogP contribution is 2.51. The summed E-state index contributed by atoms with van der Waals surface area (Å²) in [5.74, 6) is 1.47. The second-order valence-corrected chi connectivity index (χ2v) is 6.07. The predicted octanol–water partition coefficient (Wildman–Crippen LogP) is 1.98. The molecular formula is C12H20O3S. The lowest BCUT2D eigenvalue weighted by molar-refractivity contribution is -0.174. The fourth-order valence-electron chi connectivity index (χ4n) is 3.09. The Morgan fingerprint density at radius 3 is 2.44 bits per heavy atom. The molecule has 0 amide bonds. The average Bonchev–Trinajstić information content (AvgIpc) is 2.80. The lowest BCUT2D eigenvalue weighted by atomic mass is 9.64. The molecule has 1 atom stereocenters. The number of rotatable bonds is 2. The Kier molecular flexibility index (Phi) is 3.50. The van der Waals surface area contributed by atoms with E-state index in [1.807, 2.05) is 0 Å². The molecule has 0 aromatic heterocycles. The highest BCUT2D eigenvalue weighted by Gasteiger charge is 2.58. The van der Waals surface area contributed by atoms with E-state index in [2.05, 4.69) is 0 Å². The molecule has 3 nitrogen and oxygen atoms in total. The third-order valence-electron chi connectivity index (χ3n) is 4.17. The normalized spacial score (nSPS) is 33.6. The molecule has 1 unspecified atom stereocenters. The first-order valence-corrected chi connectivity index (χ1v) is 7.19. The summed E-state index contributed by atoms with van der Waals surface area (Å²) in [5.41, 5.74) is -1.45. The van der Waals surface area contributed by atoms with E-state index in [0.29, 0.717) is 0 Å². The minimum Gasteiger partial charge on any atom is -0.468 e. The molecule has 0 aromatic rings. The minimum absolute atomic E-state index is 0.207. The maximum absolute atomic E-state index is 12.0. The maximum Gasteiger partial charge on any atom is 0.315 e. The average molecular weight is 244 g/mol. The molecule has 2 rings (SSSR count). The van der Waals surface area contributed by atoms with Crippen molar-refractivity contribution in [1.29, 1.82) is 0 Å². The SMILES string of the molecule is COC(=O)C1(C2(O)CCCCC2)CCSC1. The maximum atomic E-state index is 12.0. The van der Waals surface area contributed by atoms with Gasteiger partial charge in [-0.3, -0.25) is 4.79 Å². The van der Waals surface area contributed by atoms with Gasteiger partial charge in [0.15, 0.2) is 0 Å². The monoisotopic (exact) mass is 244 g/mol. The first kappa shape index (κ1) is 12.2. The van der Waals surface area contributed by atoms with Crippen LogP contribution in [0, 0.1) is 5.41 Å². The zero-order valence-corrected chi connectivity index (χ0v) is 10.6. The Hall–Kier alpha value is -0.220. The first-order chi connectivity index (χ1) is 7.65. The van der Waals surface area contributed by atoms with Crippen LogP contribution in [0.5, 0.6) is 0 Å². The topological polar surface area (TPSA) is 46.5 Å². The van der Waals surface area contributed by atoms with Gasteiger partial charge in [0, 0.05) is 5.75 Å². The highest BCUT2D eigenvalue weighted by molar-refractivity contribution is 7.99. The molecule has 1 saturated carbocycles. The molecule has 2 fully saturated rings. The molecule has 0 radical (unpaired) electrons. The van der Waals surface area contributed by atoms with Crippen LogP contribution in [0.1, 0.15) is 38.5 Å². The Morgan fingerprint density at radius 1 is 1.25 bits per heavy atom. The number of hydrogen-bond acceptors (Lipinski definition) is 4. The Bertz CT molecular complexity index is 265. The van der Waals surface area contributed by atoms with E-state index in [0.717, 1.165) is 43.6 Å². The Morgan fingerprint density at radius 2 is 1.94 bits per heavy atom. The zero-order valence-electron chi connectivity index (χ0n) is 9.83. The lowest BCUT2D eigenvalue weighted by Crippen LogP contribution is -2.55. The zero-order chi connectivity index (χ0) is 11.6. The molecular weight excluding hydrogens is 224 g/mol. The molecule has 92 valence electrons. The summed E-state index contributed by atoms with van der Waals surface area (Å²) in [4.78, 5) is 12.0. The molecule has 2 aliphatic rings. The van der Waals surface area contributed by atoms with Gasteiger partial charge in [-0.25, -0.2) is 0 Å². The van der Waals surface area contributed by atoms with Gasteiger partial charge in [0.05, 0.1) is 12.7 Å². The number of carbonyl (C=O) groups is 1. The van der Waals surface area contributed by atoms with Crippen molar-refractivity contribution in [2.45, 2.75) is 44.1 Å². The van der Waals surface area contributed by atoms with E-state index < -0.39 is 11.0 Å². The van der Waals surface area contributed by atoms with Crippen LogP contribution < -0.4 is 0 Å². The van der Waals surface area contributed by atoms with Crippen LogP contribution >= 0.6 is 11.8 Å². The summed E-state index contributed by atoms with van der Waals surface area (Å²) in [6, 6.07) is 0. The number of ether oxygens (including phenoxy) is 1. The number of thioether (sulfide) groups is 1. The van der Waals surface area contributed by atoms with Crippen molar-refractivity contribution >= 4 is 17.7 Å². The van der Waals surface area contributed by atoms with E-state index in [1.165, 1.54) is 13.5 Å². The highest BCUT2D eigenvalue weighted by atomic mass is 32.2. The number of carbonyl (C=O) groups excluding carboxylic acids is 1. The lowest BCUT2D eigenvalue weighted by Gasteiger charge is -2.44. The van der Waals surface area contributed by atoms with Crippen LogP contribution in [0.15, 0.2) is 0 Å². The summed E-state index contributed by atoms with van der Waals surface area (Å²) in [6.45, 7) is 0. The summed E-state index contributed by atoms with van der Waals surface area (Å²) >= 11 is 1.76. The van der Waals surface area contributed by atoms with E-state index in [4.69, 9.17) is 4.74 Å². The fourth-order valence-corrected chi connectivity index (χ4v) is 4.61. The first-order valence-electron chi connectivity index (χ1n) is 6.03. The molecule has 1 saturated heterocycles. The number of esters is 1. The third kappa shape index (κ3) is 1.76. The summed E-state index contributed by atoms with van der Waals surface area (Å²) < 4.78 is 4.94. The van der Waals surface area contributed by atoms with E-state index in [9.17, 15) is 9.90 Å². The van der Waals surface area contributed by atoms with Gasteiger partial charge in [-0.1, -0.05) is 19.3 Å². The van der Waals surface area contributed by atoms with Crippen molar-refractivity contribution in [3.05, 3.63) is 0 Å². The van der Waals surface area contributed by atoms with Crippen LogP contribution in [-0.4, -0.2) is 35.3 Å². The molecule has 1 aliphatic carbocycles. The van der Waals surface area contributed by atoms with E-state index in [1.54, 1.807) is 11.8 Å². The number of hydrogen-bond donors (Lipinski definition) is 1. The smallest absolute Gasteiger partial charge is 0.315 e. The largest absolute Gasteiger partial charge is 0.468 e. The number of aliphatic hydroxyl groups is 1. The van der Waals surface area contributed by atoms with Gasteiger partial charge in [0.1, 0.15) is 5.41 Å². The molecule has 0 bridgehead atoms. The van der Waals surface area contributed by atoms with Gasteiger partial charge in [-0.15, -0.1) is 0 Å². The molecule has 1 N–H and O–H groups in total. The van der Waals surface area contributed by atoms with Crippen LogP contribution in [-0.2, 0) is 9.53 Å². The second-order valence-electron chi connectivity index (χ2n) is 4.97. The number of methoxy groups -OCH3 is 1. The molecule has 16 heavy (non-hydrogen) atoms. The van der Waals surface area contributed by atoms with Gasteiger partial charge < -0.3 is 9.84 Å². The van der Waals surface area contributed by atoms with E-state index >= 15 is 0 Å². The molecule has 0 aromatic carbocycles. The van der Waals surface area contributed by atoms with Gasteiger partial charge in [-0.05, 0) is 25.0 Å². The van der Waals surface area contributed by atoms with Crippen molar-refractivity contribution in [3.8, 4) is 0 Å². The summed E-state index contributed by atoms with van der Waals surface area (Å²) in [7, 11) is 1.43. The predicted molar refractivity (Wildman–Crippen MR) is 64.4 cm³/mol. The quantitative estimate of drug-likeness (QED) is 0.755. The molecule has 4 heteroatoms. The standard InChI is InChI=1S/C12H20O3S/c1-15-10(13)11(7-8-16-9-11)12(14)5-3-2-4-6-12/h14H,2-9H2,1H3. The fraction of sp³-hybridized carbons (Fsp3) is 0.917. The van der Waals surface area contributed by atoms with Gasteiger partial charge in [0.25, 0.3) is 0 Å². The Balaban J connectivity index is 2.27. The van der Waals surface area contributed by atoms with Crippen LogP contribution in [0.3, 0.4) is 0 Å². The van der Waals surface area contributed by atoms with E-state index in [-0.39, 0.29) is 5.97 Å². The van der Waals surface area contributed by atoms with Gasteiger partial charge >= 0.3 is 5.97 Å². The van der Waals surface area contributed by atoms with Crippen LogP contribution in [0.25, 0.3) is 0 Å². The third-order valence-corrected chi connectivity index (χ3v) is 5.36. The van der Waals surface area contributed by atoms with Crippen molar-refractivity contribution < 1.29 is 14.6 Å². The summed E-state index contributed by atoms with van der Waals surface area (Å²) in [6.07, 6.45) is 5.50. The summed E-state index contributed by atoms with van der Waals surface area (Å²) in [5, 5.41) is 10.8. The molecule has 0 spiro atoms. The Labute approximate surface area is 101 Å². The van der Waals surface area contributed by atoms with Crippen molar-refractivity contribution in [2.75, 3.05) is 18.6 Å². The second kappa shape index (κ2) is 4.57. The molecule has 1 aliphatic heterocycles. The van der Waals surface area contributed by atoms with Crippen LogP contribution in [0.4, 0.5) is 0 Å².